The van der Waals surface area contributed by atoms with Gasteiger partial charge in [0.05, 0.1) is 12.5 Å². The molecule has 19 heavy (non-hydrogen) atoms. The minimum atomic E-state index is -0.457. The van der Waals surface area contributed by atoms with Gasteiger partial charge in [-0.05, 0) is 37.8 Å². The highest BCUT2D eigenvalue weighted by Gasteiger charge is 2.28. The van der Waals surface area contributed by atoms with E-state index in [1.54, 1.807) is 11.3 Å². The Hall–Kier alpha value is -0.910. The van der Waals surface area contributed by atoms with Gasteiger partial charge in [-0.3, -0.25) is 9.69 Å². The van der Waals surface area contributed by atoms with Crippen LogP contribution in [0.5, 0.6) is 0 Å². The van der Waals surface area contributed by atoms with Crippen molar-refractivity contribution in [3.8, 4) is 0 Å². The van der Waals surface area contributed by atoms with Crippen molar-refractivity contribution < 1.29 is 14.6 Å². The highest BCUT2D eigenvalue weighted by atomic mass is 32.1. The van der Waals surface area contributed by atoms with Gasteiger partial charge in [0.15, 0.2) is 0 Å². The number of likely N-dealkylation sites (tertiary alicyclic amines) is 1. The number of nitrogens with zero attached hydrogens (tertiary/aromatic N) is 1. The van der Waals surface area contributed by atoms with Crippen molar-refractivity contribution in [3.63, 3.8) is 0 Å². The summed E-state index contributed by atoms with van der Waals surface area (Å²) in [7, 11) is 0. The lowest BCUT2D eigenvalue weighted by Gasteiger charge is -2.32. The van der Waals surface area contributed by atoms with Crippen LogP contribution >= 0.6 is 11.3 Å². The van der Waals surface area contributed by atoms with Crippen molar-refractivity contribution in [2.45, 2.75) is 25.9 Å². The van der Waals surface area contributed by atoms with Crippen molar-refractivity contribution in [1.82, 2.24) is 4.90 Å². The maximum atomic E-state index is 11.7. The maximum Gasteiger partial charge on any atom is 0.310 e. The Labute approximate surface area is 118 Å². The Morgan fingerprint density at radius 3 is 3.21 bits per heavy atom. The van der Waals surface area contributed by atoms with Crippen LogP contribution in [0.15, 0.2) is 17.5 Å². The third kappa shape index (κ3) is 4.03. The van der Waals surface area contributed by atoms with Crippen molar-refractivity contribution >= 4 is 17.3 Å². The van der Waals surface area contributed by atoms with Crippen LogP contribution in [-0.4, -0.2) is 42.2 Å². The largest absolute Gasteiger partial charge is 0.466 e. The molecule has 0 bridgehead atoms. The molecule has 0 aliphatic carbocycles. The van der Waals surface area contributed by atoms with E-state index in [4.69, 9.17) is 4.74 Å². The van der Waals surface area contributed by atoms with Crippen LogP contribution in [0, 0.1) is 5.92 Å². The van der Waals surface area contributed by atoms with Crippen molar-refractivity contribution in [2.24, 2.45) is 5.92 Å². The second kappa shape index (κ2) is 7.03. The highest BCUT2D eigenvalue weighted by Crippen LogP contribution is 2.23. The van der Waals surface area contributed by atoms with Gasteiger partial charge in [0.2, 0.25) is 0 Å². The van der Waals surface area contributed by atoms with E-state index in [2.05, 4.69) is 4.90 Å². The molecule has 0 spiro atoms. The first-order valence-electron chi connectivity index (χ1n) is 6.81. The average Bonchev–Trinajstić information content (AvgIpc) is 2.93. The van der Waals surface area contributed by atoms with Crippen molar-refractivity contribution in [2.75, 3.05) is 26.2 Å². The first-order chi connectivity index (χ1) is 9.20. The summed E-state index contributed by atoms with van der Waals surface area (Å²) in [4.78, 5) is 14.9. The molecular formula is C14H21NO3S. The summed E-state index contributed by atoms with van der Waals surface area (Å²) in [5, 5.41) is 12.1. The molecule has 2 rings (SSSR count). The topological polar surface area (TPSA) is 49.8 Å². The van der Waals surface area contributed by atoms with Gasteiger partial charge in [0, 0.05) is 18.0 Å². The molecule has 5 heteroatoms. The Morgan fingerprint density at radius 1 is 1.68 bits per heavy atom. The number of carbonyl (C=O) groups is 1. The fourth-order valence-electron chi connectivity index (χ4n) is 2.49. The fourth-order valence-corrected chi connectivity index (χ4v) is 3.19. The molecule has 1 saturated heterocycles. The van der Waals surface area contributed by atoms with E-state index < -0.39 is 6.10 Å². The van der Waals surface area contributed by atoms with Gasteiger partial charge in [0.1, 0.15) is 6.10 Å². The first-order valence-corrected chi connectivity index (χ1v) is 7.69. The van der Waals surface area contributed by atoms with Crippen LogP contribution in [0.4, 0.5) is 0 Å². The number of hydrogen-bond acceptors (Lipinski definition) is 5. The molecule has 1 aromatic heterocycles. The molecule has 2 unspecified atom stereocenters. The van der Waals surface area contributed by atoms with Gasteiger partial charge in [-0.25, -0.2) is 0 Å². The number of β-amino-alcohol motifs (C(OH)–C–C–N with tert-alkyl or cyclic N) is 1. The Bertz CT molecular complexity index is 393. The van der Waals surface area contributed by atoms with Crippen LogP contribution < -0.4 is 0 Å². The summed E-state index contributed by atoms with van der Waals surface area (Å²) < 4.78 is 5.08. The SMILES string of the molecule is CCOC(=O)C1CCCN(CC(O)c2cccs2)C1. The van der Waals surface area contributed by atoms with E-state index in [1.807, 2.05) is 24.4 Å². The second-order valence-electron chi connectivity index (χ2n) is 4.88. The molecule has 1 N–H and O–H groups in total. The molecule has 0 saturated carbocycles. The zero-order valence-corrected chi connectivity index (χ0v) is 12.1. The van der Waals surface area contributed by atoms with Gasteiger partial charge < -0.3 is 9.84 Å². The summed E-state index contributed by atoms with van der Waals surface area (Å²) in [6.07, 6.45) is 1.42. The minimum Gasteiger partial charge on any atom is -0.466 e. The molecule has 0 amide bonds. The van der Waals surface area contributed by atoms with E-state index in [0.717, 1.165) is 24.3 Å². The number of esters is 1. The molecule has 106 valence electrons. The number of rotatable bonds is 5. The molecule has 2 heterocycles. The molecule has 2 atom stereocenters. The monoisotopic (exact) mass is 283 g/mol. The zero-order chi connectivity index (χ0) is 13.7. The fraction of sp³-hybridized carbons (Fsp3) is 0.643. The summed E-state index contributed by atoms with van der Waals surface area (Å²) in [5.74, 6) is -0.137. The van der Waals surface area contributed by atoms with Crippen molar-refractivity contribution in [1.29, 1.82) is 0 Å². The molecule has 1 aromatic rings. The number of aliphatic hydroxyl groups is 1. The van der Waals surface area contributed by atoms with Gasteiger partial charge >= 0.3 is 5.97 Å². The predicted molar refractivity (Wildman–Crippen MR) is 75.1 cm³/mol. The maximum absolute atomic E-state index is 11.7. The number of hydrogen-bond donors (Lipinski definition) is 1. The highest BCUT2D eigenvalue weighted by molar-refractivity contribution is 7.10. The minimum absolute atomic E-state index is 0.0377. The molecule has 0 radical (unpaired) electrons. The van der Waals surface area contributed by atoms with E-state index in [-0.39, 0.29) is 11.9 Å². The van der Waals surface area contributed by atoms with Gasteiger partial charge in [-0.1, -0.05) is 6.07 Å². The normalized spacial score (nSPS) is 22.1. The standard InChI is InChI=1S/C14H21NO3S/c1-2-18-14(17)11-5-3-7-15(9-11)10-12(16)13-6-4-8-19-13/h4,6,8,11-12,16H,2-3,5,7,9-10H2,1H3. The van der Waals surface area contributed by atoms with E-state index in [1.165, 1.54) is 0 Å². The number of thiophene rings is 1. The number of ether oxygens (including phenoxy) is 1. The summed E-state index contributed by atoms with van der Waals surface area (Å²) in [6.45, 7) is 4.50. The number of piperidine rings is 1. The first kappa shape index (κ1) is 14.5. The molecule has 1 aliphatic rings. The van der Waals surface area contributed by atoms with Crippen LogP contribution in [0.3, 0.4) is 0 Å². The average molecular weight is 283 g/mol. The van der Waals surface area contributed by atoms with Gasteiger partial charge in [-0.2, -0.15) is 0 Å². The van der Waals surface area contributed by atoms with E-state index in [0.29, 0.717) is 19.7 Å². The third-order valence-electron chi connectivity index (χ3n) is 3.43. The van der Waals surface area contributed by atoms with Crippen LogP contribution in [0.2, 0.25) is 0 Å². The lowest BCUT2D eigenvalue weighted by molar-refractivity contribution is -0.150. The zero-order valence-electron chi connectivity index (χ0n) is 11.2. The van der Waals surface area contributed by atoms with E-state index in [9.17, 15) is 9.90 Å². The molecule has 1 aliphatic heterocycles. The van der Waals surface area contributed by atoms with Crippen LogP contribution in [0.1, 0.15) is 30.7 Å². The predicted octanol–water partition coefficient (Wildman–Crippen LogP) is 2.06. The van der Waals surface area contributed by atoms with Gasteiger partial charge in [-0.15, -0.1) is 11.3 Å². The lowest BCUT2D eigenvalue weighted by Crippen LogP contribution is -2.41. The third-order valence-corrected chi connectivity index (χ3v) is 4.40. The summed E-state index contributed by atoms with van der Waals surface area (Å²) in [5.41, 5.74) is 0. The Kier molecular flexibility index (Phi) is 5.36. The molecule has 0 aromatic carbocycles. The smallest absolute Gasteiger partial charge is 0.310 e. The molecule has 1 fully saturated rings. The van der Waals surface area contributed by atoms with Crippen LogP contribution in [0.25, 0.3) is 0 Å². The lowest BCUT2D eigenvalue weighted by atomic mass is 9.98. The molecule has 4 nitrogen and oxygen atoms in total. The number of aliphatic hydroxyl groups excluding tert-OH is 1. The Morgan fingerprint density at radius 2 is 2.53 bits per heavy atom. The number of carbonyl (C=O) groups excluding carboxylic acids is 1. The molecular weight excluding hydrogens is 262 g/mol. The quantitative estimate of drug-likeness (QED) is 0.840. The second-order valence-corrected chi connectivity index (χ2v) is 5.86. The Balaban J connectivity index is 1.85. The van der Waals surface area contributed by atoms with Crippen LogP contribution in [-0.2, 0) is 9.53 Å². The summed E-state index contributed by atoms with van der Waals surface area (Å²) >= 11 is 1.57. The van der Waals surface area contributed by atoms with Crippen molar-refractivity contribution in [3.05, 3.63) is 22.4 Å². The van der Waals surface area contributed by atoms with Gasteiger partial charge in [0.25, 0.3) is 0 Å². The summed E-state index contributed by atoms with van der Waals surface area (Å²) in [6, 6.07) is 3.89. The van der Waals surface area contributed by atoms with E-state index >= 15 is 0 Å².